The zero-order valence-electron chi connectivity index (χ0n) is 64.7. The average molecular weight is 1990 g/mol. The summed E-state index contributed by atoms with van der Waals surface area (Å²) in [6, 6.07) is 0. The van der Waals surface area contributed by atoms with Crippen LogP contribution in [0.25, 0.3) is 0 Å². The number of carbonyl (C=O) groups is 20. The molecule has 0 aromatic carbocycles. The second kappa shape index (κ2) is 75.8. The molecule has 0 aliphatic heterocycles. The Morgan fingerprint density at radius 3 is 0.244 bits per heavy atom. The first-order valence-electron chi connectivity index (χ1n) is 33.1. The molecule has 0 saturated carbocycles. The Labute approximate surface area is 733 Å². The first-order valence-corrected chi connectivity index (χ1v) is 33.1. The van der Waals surface area contributed by atoms with Gasteiger partial charge in [-0.15, -0.1) is 0 Å². The Morgan fingerprint density at radius 1 is 0.137 bits per heavy atom. The van der Waals surface area contributed by atoms with Gasteiger partial charge in [0.25, 0.3) is 0 Å². The number of aliphatic hydroxyl groups is 40. The number of hydrogen-bond donors (Lipinski definition) is 47. The van der Waals surface area contributed by atoms with Crippen molar-refractivity contribution in [1.82, 2.24) is 0 Å². The Balaban J connectivity index is -0.000000136. The Morgan fingerprint density at radius 2 is 0.198 bits per heavy atom. The van der Waals surface area contributed by atoms with Crippen molar-refractivity contribution in [3.8, 4) is 0 Å². The van der Waals surface area contributed by atoms with Crippen LogP contribution in [-0.2, 0) is 113 Å². The van der Waals surface area contributed by atoms with Gasteiger partial charge >= 0.3 is 59.1 Å². The molecule has 0 amide bonds. The SMILES string of the molecule is O=C[C@H](O)[C@@H](O)[C@@H](O)[C@H](O)C(=O)O.O=C[C@H](O)[C@@H](O)[C@@H](O)[C@H](O)C(=O)O.O=C[C@H](O)[C@@H](O)[C@@H](O)[C@H](O)C(=O)O.O=C[C@H](O)[C@@H](O)[C@@H](O)[C@H](O)C(=O)O.O=C[C@H](O)[C@@H](O)[C@@H](O)[C@H](O)C(=O)O.O=C[C@H](O)[C@@H](O)[C@@H](O)[C@H](O)C(=O)O.O=C[C@H](O)[C@@H](O)[C@@H](O)[C@H](O)C(=O)O.O=C[C@H](O)[C@@H](O)[C@@H](O)[C@H](O)C(=O)[O-].O=C[C@H](O)[C@@H](O)[C@@H](O)[C@H](O)C(=O)[O-].O=C[C@H](O)[C@@H](O)[C@@H](O)[C@H](O)C(=O)[O-].[Cr+3]. The van der Waals surface area contributed by atoms with E-state index in [9.17, 15) is 111 Å². The molecule has 763 valence electrons. The van der Waals surface area contributed by atoms with Gasteiger partial charge in [-0.1, -0.05) is 0 Å². The second-order valence-corrected chi connectivity index (χ2v) is 23.9. The molecular formula is C60H97CrO70. The molecule has 0 saturated heterocycles. The average Bonchev–Trinajstić information content (AvgIpc) is 0.955. The van der Waals surface area contributed by atoms with Crippen molar-refractivity contribution in [3.63, 3.8) is 0 Å². The van der Waals surface area contributed by atoms with Gasteiger partial charge in [0.2, 0.25) is 0 Å². The van der Waals surface area contributed by atoms with Crippen LogP contribution in [0.3, 0.4) is 0 Å². The van der Waals surface area contributed by atoms with Crippen LogP contribution >= 0.6 is 0 Å². The van der Waals surface area contributed by atoms with E-state index in [0.717, 1.165) is 0 Å². The zero-order chi connectivity index (χ0) is 106. The van der Waals surface area contributed by atoms with Gasteiger partial charge in [0.05, 0.1) is 17.9 Å². The van der Waals surface area contributed by atoms with Crippen molar-refractivity contribution >= 4 is 123 Å². The first-order chi connectivity index (χ1) is 59.1. The van der Waals surface area contributed by atoms with Crippen molar-refractivity contribution in [2.75, 3.05) is 0 Å². The summed E-state index contributed by atoms with van der Waals surface area (Å²) in [5.41, 5.74) is 0. The molecule has 131 heavy (non-hydrogen) atoms. The van der Waals surface area contributed by atoms with E-state index in [1.54, 1.807) is 0 Å². The van der Waals surface area contributed by atoms with E-state index in [2.05, 4.69) is 0 Å². The monoisotopic (exact) mass is 1990 g/mol. The molecule has 0 spiro atoms. The summed E-state index contributed by atoms with van der Waals surface area (Å²) in [4.78, 5) is 199. The fourth-order valence-electron chi connectivity index (χ4n) is 6.13. The van der Waals surface area contributed by atoms with Gasteiger partial charge in [-0.2, -0.15) is 0 Å². The molecule has 47 N–H and O–H groups in total. The Kier molecular flexibility index (Phi) is 83.5. The summed E-state index contributed by atoms with van der Waals surface area (Å²) in [5, 5.41) is 437. The van der Waals surface area contributed by atoms with Gasteiger partial charge in [-0.25, -0.2) is 33.6 Å². The van der Waals surface area contributed by atoms with Gasteiger partial charge in [-0.3, -0.25) is 0 Å². The van der Waals surface area contributed by atoms with E-state index in [1.807, 2.05) is 0 Å². The molecule has 70 nitrogen and oxygen atoms in total. The maximum absolute atomic E-state index is 10.1. The number of carbonyl (C=O) groups excluding carboxylic acids is 13. The van der Waals surface area contributed by atoms with Crippen LogP contribution in [0.15, 0.2) is 0 Å². The van der Waals surface area contributed by atoms with Crippen LogP contribution in [0.5, 0.6) is 0 Å². The predicted molar refractivity (Wildman–Crippen MR) is 369 cm³/mol. The van der Waals surface area contributed by atoms with E-state index in [0.29, 0.717) is 0 Å². The molecule has 40 atom stereocenters. The van der Waals surface area contributed by atoms with Gasteiger partial charge in [0, 0.05) is 0 Å². The molecule has 0 aromatic heterocycles. The summed E-state index contributed by atoms with van der Waals surface area (Å²) in [6.45, 7) is 0. The van der Waals surface area contributed by atoms with Crippen LogP contribution < -0.4 is 15.3 Å². The topological polar surface area (TPSA) is 1360 Å². The molecule has 0 fully saturated rings. The second-order valence-electron chi connectivity index (χ2n) is 23.9. The number of carboxylic acid groups (broad SMARTS) is 10. The normalized spacial score (nSPS) is 19.8. The van der Waals surface area contributed by atoms with Gasteiger partial charge in [0.15, 0.2) is 106 Å². The minimum absolute atomic E-state index is 0. The number of rotatable bonds is 50. The largest absolute Gasteiger partial charge is 3.00 e. The zero-order valence-corrected chi connectivity index (χ0v) is 66.0. The molecule has 0 unspecified atom stereocenters. The van der Waals surface area contributed by atoms with Crippen molar-refractivity contribution in [1.29, 1.82) is 0 Å². The van der Waals surface area contributed by atoms with Crippen LogP contribution in [0.4, 0.5) is 0 Å². The molecule has 0 aliphatic carbocycles. The standard InChI is InChI=1S/10C6H10O7.Cr/c10*7-1-2(8)3(9)4(10)5(11)6(12)13;/h10*1-5,8-11H,(H,12,13);/q;;;;;;;;;;+3/p-3/t10*2-,3+,4+,5-;/m0000000000./s1. The molecule has 0 aromatic rings. The number of carboxylic acids is 10. The van der Waals surface area contributed by atoms with Crippen LogP contribution in [0.2, 0.25) is 0 Å². The smallest absolute Gasteiger partial charge is 0.547 e. The fourth-order valence-corrected chi connectivity index (χ4v) is 6.13. The number of hydrogen-bond acceptors (Lipinski definition) is 63. The molecule has 0 rings (SSSR count). The maximum Gasteiger partial charge on any atom is 3.00 e. The Bertz CT molecular complexity index is 2620. The van der Waals surface area contributed by atoms with Crippen LogP contribution in [0.1, 0.15) is 0 Å². The third-order valence-electron chi connectivity index (χ3n) is 14.1. The van der Waals surface area contributed by atoms with Crippen molar-refractivity contribution in [2.45, 2.75) is 244 Å². The first kappa shape index (κ1) is 144. The molecule has 0 bridgehead atoms. The minimum Gasteiger partial charge on any atom is -0.547 e. The summed E-state index contributed by atoms with van der Waals surface area (Å²) < 4.78 is 0. The number of aliphatic carboxylic acids is 10. The quantitative estimate of drug-likeness (QED) is 0.0252. The number of aliphatic hydroxyl groups excluding tert-OH is 40. The van der Waals surface area contributed by atoms with Crippen molar-refractivity contribution in [2.24, 2.45) is 0 Å². The van der Waals surface area contributed by atoms with Crippen LogP contribution in [-0.4, -0.2) is 607 Å². The summed E-state index contributed by atoms with van der Waals surface area (Å²) in [7, 11) is 0. The molecule has 1 radical (unpaired) electrons. The summed E-state index contributed by atoms with van der Waals surface area (Å²) in [5.74, 6) is -18.3. The Hall–Kier alpha value is -9.67. The van der Waals surface area contributed by atoms with Crippen molar-refractivity contribution < 1.29 is 369 Å². The van der Waals surface area contributed by atoms with E-state index < -0.39 is 304 Å². The molecule has 71 heteroatoms. The third kappa shape index (κ3) is 58.1. The van der Waals surface area contributed by atoms with Gasteiger partial charge in [-0.05, 0) is 0 Å². The maximum atomic E-state index is 10.1. The fraction of sp³-hybridized carbons (Fsp3) is 0.667. The van der Waals surface area contributed by atoms with Gasteiger partial charge < -0.3 is 318 Å². The minimum atomic E-state index is -2.36. The van der Waals surface area contributed by atoms with Crippen LogP contribution in [0, 0.1) is 0 Å². The predicted octanol–water partition coefficient (Wildman–Crippen LogP) is -36.9. The van der Waals surface area contributed by atoms with E-state index in [4.69, 9.17) is 240 Å². The van der Waals surface area contributed by atoms with E-state index in [1.165, 1.54) is 0 Å². The summed E-state index contributed by atoms with van der Waals surface area (Å²) >= 11 is 0. The van der Waals surface area contributed by atoms with E-state index in [-0.39, 0.29) is 80.2 Å². The van der Waals surface area contributed by atoms with Crippen molar-refractivity contribution in [3.05, 3.63) is 0 Å². The third-order valence-corrected chi connectivity index (χ3v) is 14.1. The van der Waals surface area contributed by atoms with Gasteiger partial charge in [0.1, 0.15) is 201 Å². The van der Waals surface area contributed by atoms with E-state index >= 15 is 0 Å². The molecule has 0 aliphatic rings. The molecule has 0 heterocycles. The number of aldehydes is 10. The molecular weight excluding hydrogens is 1890 g/mol. The summed E-state index contributed by atoms with van der Waals surface area (Å²) in [6.07, 6.45) is -84.7.